The number of nitrogens with zero attached hydrogens (tertiary/aromatic N) is 1. The molecule has 4 rings (SSSR count). The fourth-order valence-electron chi connectivity index (χ4n) is 3.86. The number of amides is 1. The second-order valence-corrected chi connectivity index (χ2v) is 9.60. The minimum Gasteiger partial charge on any atom is -0.347 e. The lowest BCUT2D eigenvalue weighted by molar-refractivity contribution is -0.117. The van der Waals surface area contributed by atoms with Crippen molar-refractivity contribution in [1.82, 2.24) is 10.3 Å². The summed E-state index contributed by atoms with van der Waals surface area (Å²) < 4.78 is 0.998. The van der Waals surface area contributed by atoms with E-state index >= 15 is 0 Å². The SMILES string of the molecule is Cc1cc(Br)ccc1NC(=S)NC(C(=O)Nc1ccc(NN2CCCC2)cc1)c1ccccc1. The Kier molecular flexibility index (Phi) is 8.16. The van der Waals surface area contributed by atoms with Crippen LogP contribution in [0.4, 0.5) is 17.1 Å². The minimum atomic E-state index is -0.653. The van der Waals surface area contributed by atoms with Crippen LogP contribution in [0.15, 0.2) is 77.3 Å². The van der Waals surface area contributed by atoms with Gasteiger partial charge in [0.05, 0.1) is 0 Å². The normalized spacial score (nSPS) is 14.3. The van der Waals surface area contributed by atoms with Crippen LogP contribution in [0.25, 0.3) is 0 Å². The van der Waals surface area contributed by atoms with Crippen LogP contribution in [-0.2, 0) is 4.79 Å². The zero-order valence-corrected chi connectivity index (χ0v) is 21.4. The van der Waals surface area contributed by atoms with Crippen molar-refractivity contribution in [3.05, 3.63) is 88.4 Å². The maximum Gasteiger partial charge on any atom is 0.251 e. The first-order valence-electron chi connectivity index (χ1n) is 11.3. The van der Waals surface area contributed by atoms with Crippen molar-refractivity contribution < 1.29 is 4.79 Å². The fraction of sp³-hybridized carbons (Fsp3) is 0.231. The molecule has 0 aromatic heterocycles. The molecule has 34 heavy (non-hydrogen) atoms. The Bertz CT molecular complexity index is 1130. The van der Waals surface area contributed by atoms with E-state index in [1.54, 1.807) is 0 Å². The Balaban J connectivity index is 1.43. The van der Waals surface area contributed by atoms with E-state index in [4.69, 9.17) is 12.2 Å². The number of carbonyl (C=O) groups is 1. The standard InChI is InChI=1S/C26H28BrN5OS/c1-18-17-20(27)9-14-23(18)29-26(34)30-24(19-7-3-2-4-8-19)25(33)28-21-10-12-22(13-11-21)31-32-15-5-6-16-32/h2-4,7-14,17,24,31H,5-6,15-16H2,1H3,(H,28,33)(H2,29,30,34). The topological polar surface area (TPSA) is 68.4 Å². The summed E-state index contributed by atoms with van der Waals surface area (Å²) >= 11 is 9.02. The monoisotopic (exact) mass is 537 g/mol. The number of aryl methyl sites for hydroxylation is 1. The maximum atomic E-state index is 13.3. The van der Waals surface area contributed by atoms with Crippen LogP contribution in [0.5, 0.6) is 0 Å². The second-order valence-electron chi connectivity index (χ2n) is 8.27. The number of hydrazine groups is 1. The molecule has 1 fully saturated rings. The quantitative estimate of drug-likeness (QED) is 0.283. The van der Waals surface area contributed by atoms with E-state index in [1.165, 1.54) is 12.8 Å². The molecule has 176 valence electrons. The molecule has 6 nitrogen and oxygen atoms in total. The predicted molar refractivity (Wildman–Crippen MR) is 147 cm³/mol. The zero-order valence-electron chi connectivity index (χ0n) is 19.0. The molecule has 1 amide bonds. The molecule has 3 aromatic carbocycles. The molecule has 0 radical (unpaired) electrons. The lowest BCUT2D eigenvalue weighted by Gasteiger charge is -2.22. The van der Waals surface area contributed by atoms with Gasteiger partial charge >= 0.3 is 0 Å². The molecule has 0 spiro atoms. The number of thiocarbonyl (C=S) groups is 1. The lowest BCUT2D eigenvalue weighted by atomic mass is 10.1. The number of rotatable bonds is 7. The molecule has 0 saturated carbocycles. The van der Waals surface area contributed by atoms with Gasteiger partial charge in [-0.1, -0.05) is 46.3 Å². The predicted octanol–water partition coefficient (Wildman–Crippen LogP) is 5.85. The van der Waals surface area contributed by atoms with Crippen molar-refractivity contribution in [2.24, 2.45) is 0 Å². The third-order valence-corrected chi connectivity index (χ3v) is 6.37. The summed E-state index contributed by atoms with van der Waals surface area (Å²) in [7, 11) is 0. The number of hydrogen-bond donors (Lipinski definition) is 4. The van der Waals surface area contributed by atoms with Crippen LogP contribution >= 0.6 is 28.1 Å². The van der Waals surface area contributed by atoms with Gasteiger partial charge in [-0.3, -0.25) is 4.79 Å². The number of carbonyl (C=O) groups excluding carboxylic acids is 1. The molecule has 4 N–H and O–H groups in total. The van der Waals surface area contributed by atoms with Crippen molar-refractivity contribution in [2.45, 2.75) is 25.8 Å². The molecule has 1 aliphatic heterocycles. The van der Waals surface area contributed by atoms with Gasteiger partial charge in [0.15, 0.2) is 5.11 Å². The number of nitrogens with one attached hydrogen (secondary N) is 4. The first-order chi connectivity index (χ1) is 16.5. The van der Waals surface area contributed by atoms with Crippen LogP contribution in [0.3, 0.4) is 0 Å². The molecule has 0 aliphatic carbocycles. The van der Waals surface area contributed by atoms with Crippen LogP contribution in [0.1, 0.15) is 30.0 Å². The highest BCUT2D eigenvalue weighted by molar-refractivity contribution is 9.10. The average Bonchev–Trinajstić information content (AvgIpc) is 3.34. The van der Waals surface area contributed by atoms with Crippen LogP contribution < -0.4 is 21.4 Å². The van der Waals surface area contributed by atoms with Crippen molar-refractivity contribution in [1.29, 1.82) is 0 Å². The molecule has 1 unspecified atom stereocenters. The Hall–Kier alpha value is -2.94. The van der Waals surface area contributed by atoms with Gasteiger partial charge in [0.2, 0.25) is 0 Å². The van der Waals surface area contributed by atoms with Gasteiger partial charge in [-0.25, -0.2) is 5.01 Å². The highest BCUT2D eigenvalue weighted by Crippen LogP contribution is 2.22. The van der Waals surface area contributed by atoms with Crippen LogP contribution in [0, 0.1) is 6.92 Å². The van der Waals surface area contributed by atoms with E-state index < -0.39 is 6.04 Å². The fourth-order valence-corrected chi connectivity index (χ4v) is 4.56. The Morgan fingerprint density at radius 1 is 0.941 bits per heavy atom. The Labute approximate surface area is 214 Å². The second kappa shape index (κ2) is 11.5. The molecule has 1 saturated heterocycles. The van der Waals surface area contributed by atoms with Gasteiger partial charge in [0.25, 0.3) is 5.91 Å². The van der Waals surface area contributed by atoms with Gasteiger partial charge in [-0.2, -0.15) is 0 Å². The van der Waals surface area contributed by atoms with Gasteiger partial charge in [-0.05, 0) is 85.6 Å². The molecule has 1 heterocycles. The smallest absolute Gasteiger partial charge is 0.251 e. The van der Waals surface area contributed by atoms with Gasteiger partial charge < -0.3 is 21.4 Å². The average molecular weight is 539 g/mol. The van der Waals surface area contributed by atoms with E-state index in [1.807, 2.05) is 79.7 Å². The van der Waals surface area contributed by atoms with E-state index in [0.717, 1.165) is 45.8 Å². The van der Waals surface area contributed by atoms with E-state index in [0.29, 0.717) is 5.11 Å². The first-order valence-corrected chi connectivity index (χ1v) is 12.5. The largest absolute Gasteiger partial charge is 0.347 e. The van der Waals surface area contributed by atoms with E-state index in [-0.39, 0.29) is 5.91 Å². The number of anilines is 3. The summed E-state index contributed by atoms with van der Waals surface area (Å²) in [6, 6.07) is 22.6. The van der Waals surface area contributed by atoms with Gasteiger partial charge in [0, 0.05) is 34.6 Å². The summed E-state index contributed by atoms with van der Waals surface area (Å²) in [6.07, 6.45) is 2.43. The van der Waals surface area contributed by atoms with Gasteiger partial charge in [0.1, 0.15) is 6.04 Å². The Morgan fingerprint density at radius 3 is 2.29 bits per heavy atom. The van der Waals surface area contributed by atoms with Crippen LogP contribution in [-0.4, -0.2) is 29.1 Å². The van der Waals surface area contributed by atoms with Crippen molar-refractivity contribution in [3.8, 4) is 0 Å². The number of hydrogen-bond acceptors (Lipinski definition) is 4. The highest BCUT2D eigenvalue weighted by atomic mass is 79.9. The van der Waals surface area contributed by atoms with E-state index in [9.17, 15) is 4.79 Å². The summed E-state index contributed by atoms with van der Waals surface area (Å²) in [4.78, 5) is 13.3. The molecule has 1 atom stereocenters. The van der Waals surface area contributed by atoms with Crippen molar-refractivity contribution in [3.63, 3.8) is 0 Å². The minimum absolute atomic E-state index is 0.192. The third kappa shape index (κ3) is 6.56. The molecule has 3 aromatic rings. The van der Waals surface area contributed by atoms with Crippen molar-refractivity contribution in [2.75, 3.05) is 29.1 Å². The lowest BCUT2D eigenvalue weighted by Crippen LogP contribution is -2.39. The van der Waals surface area contributed by atoms with Gasteiger partial charge in [-0.15, -0.1) is 0 Å². The van der Waals surface area contributed by atoms with Crippen LogP contribution in [0.2, 0.25) is 0 Å². The third-order valence-electron chi connectivity index (χ3n) is 5.65. The Morgan fingerprint density at radius 2 is 1.62 bits per heavy atom. The molecule has 8 heteroatoms. The zero-order chi connectivity index (χ0) is 23.9. The molecule has 0 bridgehead atoms. The van der Waals surface area contributed by atoms with E-state index in [2.05, 4.69) is 42.3 Å². The summed E-state index contributed by atoms with van der Waals surface area (Å²) in [5.74, 6) is -0.192. The highest BCUT2D eigenvalue weighted by Gasteiger charge is 2.22. The number of halogens is 1. The van der Waals surface area contributed by atoms with Crippen molar-refractivity contribution >= 4 is 56.2 Å². The maximum absolute atomic E-state index is 13.3. The molecule has 1 aliphatic rings. The summed E-state index contributed by atoms with van der Waals surface area (Å²) in [5, 5.41) is 12.0. The number of benzene rings is 3. The summed E-state index contributed by atoms with van der Waals surface area (Å²) in [6.45, 7) is 4.10. The molecular weight excluding hydrogens is 510 g/mol. The first kappa shape index (κ1) is 24.2. The summed E-state index contributed by atoms with van der Waals surface area (Å²) in [5.41, 5.74) is 7.89. The molecular formula is C26H28BrN5OS.